The SMILES string of the molecule is O=C(CSc1nnc2scc(-c3ccc(F)cc3)n12)Nc1nccs1. The number of rotatable bonds is 5. The third-order valence-corrected chi connectivity index (χ3v) is 5.71. The molecule has 3 heterocycles. The molecule has 0 saturated heterocycles. The van der Waals surface area contributed by atoms with Crippen LogP contribution in [0.15, 0.2) is 46.4 Å². The van der Waals surface area contributed by atoms with E-state index in [4.69, 9.17) is 0 Å². The number of fused-ring (bicyclic) bond motifs is 1. The minimum Gasteiger partial charge on any atom is -0.301 e. The summed E-state index contributed by atoms with van der Waals surface area (Å²) in [7, 11) is 0. The maximum absolute atomic E-state index is 13.1. The molecular formula is C15H10FN5OS3. The maximum atomic E-state index is 13.1. The molecule has 0 radical (unpaired) electrons. The van der Waals surface area contributed by atoms with Gasteiger partial charge in [0.05, 0.1) is 11.4 Å². The van der Waals surface area contributed by atoms with Crippen LogP contribution in [-0.2, 0) is 4.79 Å². The first-order valence-electron chi connectivity index (χ1n) is 7.11. The normalized spacial score (nSPS) is 11.1. The van der Waals surface area contributed by atoms with Gasteiger partial charge in [-0.25, -0.2) is 9.37 Å². The zero-order valence-electron chi connectivity index (χ0n) is 12.5. The first-order chi connectivity index (χ1) is 12.2. The van der Waals surface area contributed by atoms with E-state index >= 15 is 0 Å². The fourth-order valence-electron chi connectivity index (χ4n) is 2.18. The second kappa shape index (κ2) is 6.90. The summed E-state index contributed by atoms with van der Waals surface area (Å²) in [5.41, 5.74) is 1.73. The Hall–Kier alpha value is -2.30. The van der Waals surface area contributed by atoms with Crippen LogP contribution >= 0.6 is 34.4 Å². The summed E-state index contributed by atoms with van der Waals surface area (Å²) in [6, 6.07) is 6.25. The number of benzene rings is 1. The Kier molecular flexibility index (Phi) is 4.47. The lowest BCUT2D eigenvalue weighted by Gasteiger charge is -2.03. The van der Waals surface area contributed by atoms with E-state index in [1.807, 2.05) is 9.78 Å². The minimum absolute atomic E-state index is 0.157. The van der Waals surface area contributed by atoms with Gasteiger partial charge in [0, 0.05) is 17.0 Å². The average molecular weight is 391 g/mol. The molecule has 4 aromatic rings. The first kappa shape index (κ1) is 16.2. The fraction of sp³-hybridized carbons (Fsp3) is 0.0667. The lowest BCUT2D eigenvalue weighted by atomic mass is 10.2. The molecule has 126 valence electrons. The minimum atomic E-state index is -0.285. The second-order valence-electron chi connectivity index (χ2n) is 4.90. The van der Waals surface area contributed by atoms with Crippen molar-refractivity contribution in [1.82, 2.24) is 19.6 Å². The highest BCUT2D eigenvalue weighted by atomic mass is 32.2. The zero-order valence-corrected chi connectivity index (χ0v) is 15.0. The van der Waals surface area contributed by atoms with Gasteiger partial charge in [0.2, 0.25) is 10.9 Å². The topological polar surface area (TPSA) is 72.2 Å². The molecule has 6 nitrogen and oxygen atoms in total. The number of thioether (sulfide) groups is 1. The number of aromatic nitrogens is 4. The molecule has 0 aliphatic heterocycles. The number of carbonyl (C=O) groups is 1. The van der Waals surface area contributed by atoms with Crippen molar-refractivity contribution < 1.29 is 9.18 Å². The van der Waals surface area contributed by atoms with E-state index in [9.17, 15) is 9.18 Å². The molecule has 1 amide bonds. The number of amides is 1. The Morgan fingerprint density at radius 2 is 2.08 bits per heavy atom. The second-order valence-corrected chi connectivity index (χ2v) is 7.58. The molecule has 0 saturated carbocycles. The number of halogens is 1. The number of nitrogens with zero attached hydrogens (tertiary/aromatic N) is 4. The maximum Gasteiger partial charge on any atom is 0.236 e. The van der Waals surface area contributed by atoms with Crippen LogP contribution in [0.5, 0.6) is 0 Å². The van der Waals surface area contributed by atoms with Gasteiger partial charge in [-0.3, -0.25) is 9.20 Å². The molecule has 3 aromatic heterocycles. The van der Waals surface area contributed by atoms with Crippen molar-refractivity contribution >= 4 is 50.4 Å². The van der Waals surface area contributed by atoms with Crippen LogP contribution in [0.1, 0.15) is 0 Å². The van der Waals surface area contributed by atoms with Crippen LogP contribution in [-0.4, -0.2) is 31.2 Å². The van der Waals surface area contributed by atoms with Crippen molar-refractivity contribution in [2.24, 2.45) is 0 Å². The highest BCUT2D eigenvalue weighted by Gasteiger charge is 2.15. The molecule has 1 N–H and O–H groups in total. The van der Waals surface area contributed by atoms with Crippen molar-refractivity contribution in [2.45, 2.75) is 5.16 Å². The van der Waals surface area contributed by atoms with Crippen LogP contribution in [0.3, 0.4) is 0 Å². The van der Waals surface area contributed by atoms with E-state index in [2.05, 4.69) is 20.5 Å². The molecule has 0 atom stereocenters. The summed E-state index contributed by atoms with van der Waals surface area (Å²) in [5, 5.41) is 15.9. The van der Waals surface area contributed by atoms with Crippen LogP contribution in [0.2, 0.25) is 0 Å². The average Bonchev–Trinajstić information content (AvgIpc) is 3.32. The van der Waals surface area contributed by atoms with Gasteiger partial charge in [0.1, 0.15) is 5.82 Å². The summed E-state index contributed by atoms with van der Waals surface area (Å²) in [4.78, 5) is 16.8. The number of thiazole rings is 2. The Morgan fingerprint density at radius 1 is 1.24 bits per heavy atom. The van der Waals surface area contributed by atoms with E-state index in [0.29, 0.717) is 10.3 Å². The molecule has 25 heavy (non-hydrogen) atoms. The van der Waals surface area contributed by atoms with Crippen molar-refractivity contribution in [1.29, 1.82) is 0 Å². The van der Waals surface area contributed by atoms with E-state index < -0.39 is 0 Å². The molecule has 0 aliphatic carbocycles. The number of anilines is 1. The van der Waals surface area contributed by atoms with Gasteiger partial charge in [-0.1, -0.05) is 11.8 Å². The molecular weight excluding hydrogens is 381 g/mol. The molecule has 0 bridgehead atoms. The van der Waals surface area contributed by atoms with Gasteiger partial charge in [-0.2, -0.15) is 0 Å². The molecule has 0 spiro atoms. The fourth-order valence-corrected chi connectivity index (χ4v) is 4.37. The standard InChI is InChI=1S/C15H10FN5OS3/c16-10-3-1-9(2-4-10)11-7-24-14-19-20-15(21(11)14)25-8-12(22)18-13-17-5-6-23-13/h1-7H,8H2,(H,17,18,22). The van der Waals surface area contributed by atoms with Crippen molar-refractivity contribution in [2.75, 3.05) is 11.1 Å². The van der Waals surface area contributed by atoms with Gasteiger partial charge >= 0.3 is 0 Å². The molecule has 10 heteroatoms. The van der Waals surface area contributed by atoms with Crippen LogP contribution < -0.4 is 5.32 Å². The van der Waals surface area contributed by atoms with E-state index in [-0.39, 0.29) is 17.5 Å². The Balaban J connectivity index is 1.55. The van der Waals surface area contributed by atoms with E-state index in [1.54, 1.807) is 23.7 Å². The Morgan fingerprint density at radius 3 is 2.84 bits per heavy atom. The van der Waals surface area contributed by atoms with Gasteiger partial charge in [0.25, 0.3) is 0 Å². The number of hydrogen-bond donors (Lipinski definition) is 1. The van der Waals surface area contributed by atoms with Gasteiger partial charge < -0.3 is 5.32 Å². The summed E-state index contributed by atoms with van der Waals surface area (Å²) in [6.45, 7) is 0. The molecule has 0 fully saturated rings. The molecule has 4 rings (SSSR count). The number of hydrogen-bond acceptors (Lipinski definition) is 7. The molecule has 0 unspecified atom stereocenters. The quantitative estimate of drug-likeness (QED) is 0.524. The Labute approximate surface area is 153 Å². The molecule has 0 aliphatic rings. The van der Waals surface area contributed by atoms with Crippen LogP contribution in [0.25, 0.3) is 16.2 Å². The van der Waals surface area contributed by atoms with Crippen LogP contribution in [0.4, 0.5) is 9.52 Å². The molecule has 1 aromatic carbocycles. The predicted molar refractivity (Wildman–Crippen MR) is 97.7 cm³/mol. The van der Waals surface area contributed by atoms with E-state index in [1.165, 1.54) is 46.6 Å². The number of nitrogens with one attached hydrogen (secondary N) is 1. The monoisotopic (exact) mass is 391 g/mol. The Bertz CT molecular complexity index is 1010. The van der Waals surface area contributed by atoms with Crippen molar-refractivity contribution in [3.8, 4) is 11.3 Å². The van der Waals surface area contributed by atoms with Crippen LogP contribution in [0, 0.1) is 5.82 Å². The number of carbonyl (C=O) groups excluding carboxylic acids is 1. The summed E-state index contributed by atoms with van der Waals surface area (Å²) in [5.74, 6) is -0.248. The first-order valence-corrected chi connectivity index (χ1v) is 9.86. The zero-order chi connectivity index (χ0) is 17.2. The highest BCUT2D eigenvalue weighted by Crippen LogP contribution is 2.30. The lowest BCUT2D eigenvalue weighted by molar-refractivity contribution is -0.113. The van der Waals surface area contributed by atoms with Crippen molar-refractivity contribution in [3.63, 3.8) is 0 Å². The predicted octanol–water partition coefficient (Wildman–Crippen LogP) is 3.78. The lowest BCUT2D eigenvalue weighted by Crippen LogP contribution is -2.14. The van der Waals surface area contributed by atoms with E-state index in [0.717, 1.165) is 16.2 Å². The summed E-state index contributed by atoms with van der Waals surface area (Å²) in [6.07, 6.45) is 1.63. The largest absolute Gasteiger partial charge is 0.301 e. The van der Waals surface area contributed by atoms with Gasteiger partial charge in [-0.05, 0) is 29.8 Å². The summed E-state index contributed by atoms with van der Waals surface area (Å²) < 4.78 is 15.0. The third-order valence-electron chi connectivity index (χ3n) is 3.27. The van der Waals surface area contributed by atoms with Gasteiger partial charge in [-0.15, -0.1) is 32.9 Å². The van der Waals surface area contributed by atoms with Crippen molar-refractivity contribution in [3.05, 3.63) is 47.0 Å². The smallest absolute Gasteiger partial charge is 0.236 e. The highest BCUT2D eigenvalue weighted by molar-refractivity contribution is 7.99. The third kappa shape index (κ3) is 3.41. The van der Waals surface area contributed by atoms with Gasteiger partial charge in [0.15, 0.2) is 10.3 Å². The summed E-state index contributed by atoms with van der Waals surface area (Å²) >= 11 is 4.10.